The highest BCUT2D eigenvalue weighted by atomic mass is 16.4. The fourth-order valence-corrected chi connectivity index (χ4v) is 10.3. The minimum absolute atomic E-state index is 0.221. The van der Waals surface area contributed by atoms with Crippen molar-refractivity contribution >= 4 is 34.9 Å². The molecule has 1 spiro atoms. The Bertz CT molecular complexity index is 2670. The van der Waals surface area contributed by atoms with Gasteiger partial charge in [0.1, 0.15) is 5.75 Å². The van der Waals surface area contributed by atoms with Crippen LogP contribution in [0.1, 0.15) is 109 Å². The van der Waals surface area contributed by atoms with Crippen molar-refractivity contribution in [3.05, 3.63) is 190 Å². The third-order valence-corrected chi connectivity index (χ3v) is 13.0. The van der Waals surface area contributed by atoms with Gasteiger partial charge in [-0.05, 0) is 128 Å². The summed E-state index contributed by atoms with van der Waals surface area (Å²) in [7, 11) is 0. The zero-order valence-electron chi connectivity index (χ0n) is 35.6. The van der Waals surface area contributed by atoms with E-state index in [1.807, 2.05) is 0 Å². The zero-order chi connectivity index (χ0) is 41.3. The molecule has 0 unspecified atom stereocenters. The Morgan fingerprint density at radius 1 is 0.508 bits per heavy atom. The maximum atomic E-state index is 7.17. The summed E-state index contributed by atoms with van der Waals surface area (Å²) in [6.45, 7) is 18.2. The average molecular weight is 766 g/mol. The molecule has 3 aliphatic rings. The van der Waals surface area contributed by atoms with Gasteiger partial charge < -0.3 is 9.55 Å². The highest BCUT2D eigenvalue weighted by molar-refractivity contribution is 6.83. The standard InChI is InChI=1S/C54H50BNO.C2H2/c1-32(2)37-29-42(33(3)4)53(43(30-37)34(5)6)55-49-24-23-38(31-44(49)41-17-11-14-20-52(41)57-55)56-50-25-21-35(7)27-47(50)54(48-28-36(8)22-26-51(48)56)45-18-12-9-15-39(45)40-16-10-13-19-46(40)54;1-2/h9-34H,1-8H3;1-2H. The Balaban J connectivity index is 0.00000221. The molecule has 0 radical (unpaired) electrons. The molecule has 10 rings (SSSR count). The lowest BCUT2D eigenvalue weighted by atomic mass is 9.49. The summed E-state index contributed by atoms with van der Waals surface area (Å²) in [6.07, 6.45) is 8.00. The number of fused-ring (bicyclic) bond motifs is 12. The number of terminal acetylenes is 1. The molecular formula is C56H52BNO. The number of benzene rings is 7. The van der Waals surface area contributed by atoms with Gasteiger partial charge in [-0.25, -0.2) is 0 Å². The van der Waals surface area contributed by atoms with E-state index in [1.54, 1.807) is 0 Å². The van der Waals surface area contributed by atoms with E-state index in [9.17, 15) is 0 Å². The normalized spacial score (nSPS) is 13.8. The summed E-state index contributed by atoms with van der Waals surface area (Å²) < 4.78 is 7.17. The van der Waals surface area contributed by atoms with Gasteiger partial charge in [-0.3, -0.25) is 0 Å². The average Bonchev–Trinajstić information content (AvgIpc) is 3.54. The predicted octanol–water partition coefficient (Wildman–Crippen LogP) is 13.2. The van der Waals surface area contributed by atoms with Gasteiger partial charge in [-0.1, -0.05) is 162 Å². The minimum atomic E-state index is -0.450. The summed E-state index contributed by atoms with van der Waals surface area (Å²) >= 11 is 0. The third-order valence-electron chi connectivity index (χ3n) is 13.0. The van der Waals surface area contributed by atoms with Crippen LogP contribution in [0.15, 0.2) is 140 Å². The Morgan fingerprint density at radius 2 is 1.02 bits per heavy atom. The van der Waals surface area contributed by atoms with Crippen molar-refractivity contribution in [1.82, 2.24) is 0 Å². The van der Waals surface area contributed by atoms with E-state index >= 15 is 0 Å². The van der Waals surface area contributed by atoms with E-state index in [4.69, 9.17) is 4.65 Å². The molecule has 0 N–H and O–H groups in total. The topological polar surface area (TPSA) is 12.5 Å². The SMILES string of the molecule is C#C.Cc1ccc2c(c1)C1(c3ccccc3-c3ccccc31)c1cc(C)ccc1N2c1ccc2c(c1)-c1ccccc1OB2c1c(C(C)C)cc(C(C)C)cc1C(C)C. The number of anilines is 3. The first-order valence-electron chi connectivity index (χ1n) is 21.2. The molecule has 2 nitrogen and oxygen atoms in total. The van der Waals surface area contributed by atoms with Crippen LogP contribution in [0.5, 0.6) is 5.75 Å². The summed E-state index contributed by atoms with van der Waals surface area (Å²) in [5.41, 5.74) is 22.7. The van der Waals surface area contributed by atoms with Crippen LogP contribution in [0, 0.1) is 26.7 Å². The first-order chi connectivity index (χ1) is 28.6. The Labute approximate surface area is 352 Å². The quantitative estimate of drug-likeness (QED) is 0.128. The number of para-hydroxylation sites is 1. The zero-order valence-corrected chi connectivity index (χ0v) is 35.6. The van der Waals surface area contributed by atoms with Gasteiger partial charge in [0.2, 0.25) is 0 Å². The molecule has 0 atom stereocenters. The fourth-order valence-electron chi connectivity index (χ4n) is 10.3. The number of nitrogens with zero attached hydrogens (tertiary/aromatic N) is 1. The molecule has 0 saturated heterocycles. The van der Waals surface area contributed by atoms with Gasteiger partial charge in [0, 0.05) is 11.3 Å². The fraction of sp³-hybridized carbons (Fsp3) is 0.214. The molecule has 7 aromatic rings. The van der Waals surface area contributed by atoms with Crippen LogP contribution in [-0.2, 0) is 5.41 Å². The highest BCUT2D eigenvalue weighted by Crippen LogP contribution is 2.63. The molecule has 7 aromatic carbocycles. The van der Waals surface area contributed by atoms with Crippen molar-refractivity contribution in [2.45, 2.75) is 78.6 Å². The van der Waals surface area contributed by atoms with Crippen molar-refractivity contribution in [2.24, 2.45) is 0 Å². The number of aryl methyl sites for hydroxylation is 2. The van der Waals surface area contributed by atoms with E-state index in [1.165, 1.54) is 89.1 Å². The van der Waals surface area contributed by atoms with E-state index in [0.29, 0.717) is 17.8 Å². The Kier molecular flexibility index (Phi) is 9.44. The van der Waals surface area contributed by atoms with Gasteiger partial charge in [-0.15, -0.1) is 12.8 Å². The second-order valence-electron chi connectivity index (χ2n) is 17.6. The molecule has 290 valence electrons. The molecular weight excluding hydrogens is 713 g/mol. The van der Waals surface area contributed by atoms with Crippen molar-refractivity contribution in [1.29, 1.82) is 0 Å². The first kappa shape index (κ1) is 38.3. The molecule has 0 fully saturated rings. The molecule has 2 heterocycles. The van der Waals surface area contributed by atoms with Crippen LogP contribution in [0.3, 0.4) is 0 Å². The van der Waals surface area contributed by atoms with Crippen LogP contribution < -0.4 is 20.5 Å². The van der Waals surface area contributed by atoms with Crippen LogP contribution in [0.2, 0.25) is 0 Å². The monoisotopic (exact) mass is 765 g/mol. The van der Waals surface area contributed by atoms with Gasteiger partial charge in [0.15, 0.2) is 0 Å². The Morgan fingerprint density at radius 3 is 1.54 bits per heavy atom. The van der Waals surface area contributed by atoms with Gasteiger partial charge >= 0.3 is 6.92 Å². The van der Waals surface area contributed by atoms with E-state index in [2.05, 4.69) is 213 Å². The minimum Gasteiger partial charge on any atom is -0.551 e. The smallest absolute Gasteiger partial charge is 0.427 e. The predicted molar refractivity (Wildman–Crippen MR) is 251 cm³/mol. The van der Waals surface area contributed by atoms with Crippen molar-refractivity contribution < 1.29 is 4.65 Å². The van der Waals surface area contributed by atoms with Crippen molar-refractivity contribution in [3.8, 4) is 40.9 Å². The third kappa shape index (κ3) is 5.72. The molecule has 1 aliphatic carbocycles. The molecule has 0 amide bonds. The summed E-state index contributed by atoms with van der Waals surface area (Å²) in [6, 6.07) is 53.0. The van der Waals surface area contributed by atoms with E-state index < -0.39 is 5.41 Å². The van der Waals surface area contributed by atoms with Crippen molar-refractivity contribution in [3.63, 3.8) is 0 Å². The summed E-state index contributed by atoms with van der Waals surface area (Å²) in [5.74, 6) is 2.09. The van der Waals surface area contributed by atoms with Crippen molar-refractivity contribution in [2.75, 3.05) is 4.90 Å². The van der Waals surface area contributed by atoms with Gasteiger partial charge in [0.25, 0.3) is 0 Å². The lowest BCUT2D eigenvalue weighted by Crippen LogP contribution is -2.53. The summed E-state index contributed by atoms with van der Waals surface area (Å²) in [4.78, 5) is 2.53. The largest absolute Gasteiger partial charge is 0.551 e. The second kappa shape index (κ2) is 14.5. The lowest BCUT2D eigenvalue weighted by Gasteiger charge is -2.45. The van der Waals surface area contributed by atoms with Crippen LogP contribution in [0.25, 0.3) is 22.3 Å². The second-order valence-corrected chi connectivity index (χ2v) is 17.6. The first-order valence-corrected chi connectivity index (χ1v) is 21.2. The maximum Gasteiger partial charge on any atom is 0.427 e. The van der Waals surface area contributed by atoms with Gasteiger partial charge in [0.05, 0.1) is 16.8 Å². The molecule has 3 heteroatoms. The molecule has 0 saturated carbocycles. The van der Waals surface area contributed by atoms with Crippen LogP contribution in [0.4, 0.5) is 17.1 Å². The molecule has 0 bridgehead atoms. The van der Waals surface area contributed by atoms with Crippen LogP contribution in [-0.4, -0.2) is 6.92 Å². The molecule has 0 aromatic heterocycles. The van der Waals surface area contributed by atoms with E-state index in [-0.39, 0.29) is 6.92 Å². The van der Waals surface area contributed by atoms with Gasteiger partial charge in [-0.2, -0.15) is 0 Å². The lowest BCUT2D eigenvalue weighted by molar-refractivity contribution is 0.588. The highest BCUT2D eigenvalue weighted by Gasteiger charge is 2.52. The maximum absolute atomic E-state index is 7.17. The number of hydrogen-bond donors (Lipinski definition) is 0. The molecule has 59 heavy (non-hydrogen) atoms. The van der Waals surface area contributed by atoms with E-state index in [0.717, 1.165) is 17.0 Å². The van der Waals surface area contributed by atoms with Crippen LogP contribution >= 0.6 is 0 Å². The molecule has 2 aliphatic heterocycles. The summed E-state index contributed by atoms with van der Waals surface area (Å²) in [5, 5.41) is 0. The number of rotatable bonds is 5. The number of hydrogen-bond acceptors (Lipinski definition) is 2. The Hall–Kier alpha value is -6.24.